The minimum absolute atomic E-state index is 0.0946. The molecule has 0 fully saturated rings. The summed E-state index contributed by atoms with van der Waals surface area (Å²) in [4.78, 5) is 24.7. The van der Waals surface area contributed by atoms with Crippen LogP contribution >= 0.6 is 11.8 Å². The monoisotopic (exact) mass is 400 g/mol. The topological polar surface area (TPSA) is 67.4 Å². The number of amides is 2. The van der Waals surface area contributed by atoms with Crippen LogP contribution in [0.2, 0.25) is 0 Å². The number of para-hydroxylation sites is 1. The van der Waals surface area contributed by atoms with Crippen LogP contribution in [0.3, 0.4) is 0 Å². The molecule has 0 heterocycles. The largest absolute Gasteiger partial charge is 0.494 e. The normalized spacial score (nSPS) is 11.6. The Kier molecular flexibility index (Phi) is 8.39. The van der Waals surface area contributed by atoms with E-state index in [0.717, 1.165) is 29.0 Å². The molecule has 0 bridgehead atoms. The first kappa shape index (κ1) is 21.8. The molecule has 0 saturated heterocycles. The molecule has 2 aromatic rings. The number of anilines is 2. The first-order valence-corrected chi connectivity index (χ1v) is 10.5. The molecule has 0 radical (unpaired) electrons. The van der Waals surface area contributed by atoms with Crippen molar-refractivity contribution >= 4 is 35.0 Å². The van der Waals surface area contributed by atoms with Crippen LogP contribution in [0.1, 0.15) is 31.9 Å². The van der Waals surface area contributed by atoms with Crippen LogP contribution in [0.4, 0.5) is 11.4 Å². The summed E-state index contributed by atoms with van der Waals surface area (Å²) in [5, 5.41) is 5.51. The molecule has 0 aliphatic carbocycles. The summed E-state index contributed by atoms with van der Waals surface area (Å²) >= 11 is 1.31. The predicted molar refractivity (Wildman–Crippen MR) is 117 cm³/mol. The van der Waals surface area contributed by atoms with Gasteiger partial charge in [0.15, 0.2) is 0 Å². The lowest BCUT2D eigenvalue weighted by atomic mass is 10.1. The number of carbonyl (C=O) groups excluding carboxylic acids is 2. The smallest absolute Gasteiger partial charge is 0.237 e. The third kappa shape index (κ3) is 6.30. The fourth-order valence-electron chi connectivity index (χ4n) is 2.70. The van der Waals surface area contributed by atoms with Crippen LogP contribution < -0.4 is 15.4 Å². The molecule has 5 nitrogen and oxygen atoms in total. The number of benzene rings is 2. The molecule has 28 heavy (non-hydrogen) atoms. The van der Waals surface area contributed by atoms with Gasteiger partial charge in [-0.15, -0.1) is 11.8 Å². The van der Waals surface area contributed by atoms with Crippen LogP contribution in [0.25, 0.3) is 0 Å². The number of aryl methyl sites for hydroxylation is 2. The average Bonchev–Trinajstić information content (AvgIpc) is 2.69. The minimum atomic E-state index is -0.338. The highest BCUT2D eigenvalue weighted by molar-refractivity contribution is 8.01. The van der Waals surface area contributed by atoms with E-state index in [1.54, 1.807) is 12.1 Å². The molecule has 6 heteroatoms. The zero-order valence-corrected chi connectivity index (χ0v) is 17.7. The van der Waals surface area contributed by atoms with Crippen LogP contribution in [0.5, 0.6) is 5.75 Å². The van der Waals surface area contributed by atoms with E-state index >= 15 is 0 Å². The van der Waals surface area contributed by atoms with Gasteiger partial charge < -0.3 is 15.4 Å². The van der Waals surface area contributed by atoms with Crippen molar-refractivity contribution in [3.63, 3.8) is 0 Å². The first-order chi connectivity index (χ1) is 13.4. The van der Waals surface area contributed by atoms with Gasteiger partial charge in [0.2, 0.25) is 11.8 Å². The SMILES string of the molecule is CCOc1ccc(NC(=O)CS[C@H](C)C(=O)Nc2c(C)cccc2CC)cc1. The molecular weight excluding hydrogens is 372 g/mol. The zero-order chi connectivity index (χ0) is 20.5. The van der Waals surface area contributed by atoms with E-state index in [9.17, 15) is 9.59 Å². The number of thioether (sulfide) groups is 1. The number of nitrogens with one attached hydrogen (secondary N) is 2. The summed E-state index contributed by atoms with van der Waals surface area (Å²) in [5.74, 6) is 0.737. The van der Waals surface area contributed by atoms with Gasteiger partial charge in [-0.2, -0.15) is 0 Å². The highest BCUT2D eigenvalue weighted by atomic mass is 32.2. The summed E-state index contributed by atoms with van der Waals surface area (Å²) in [6.07, 6.45) is 0.851. The summed E-state index contributed by atoms with van der Waals surface area (Å²) < 4.78 is 5.38. The van der Waals surface area contributed by atoms with Crippen molar-refractivity contribution < 1.29 is 14.3 Å². The molecule has 0 aliphatic heterocycles. The van der Waals surface area contributed by atoms with E-state index in [1.165, 1.54) is 11.8 Å². The quantitative estimate of drug-likeness (QED) is 0.643. The molecule has 0 aromatic heterocycles. The van der Waals surface area contributed by atoms with E-state index in [0.29, 0.717) is 12.3 Å². The lowest BCUT2D eigenvalue weighted by Gasteiger charge is -2.16. The van der Waals surface area contributed by atoms with E-state index in [4.69, 9.17) is 4.74 Å². The first-order valence-electron chi connectivity index (χ1n) is 9.48. The van der Waals surface area contributed by atoms with Gasteiger partial charge in [0.05, 0.1) is 17.6 Å². The molecular formula is C22H28N2O3S. The van der Waals surface area contributed by atoms with E-state index in [1.807, 2.05) is 51.1 Å². The Morgan fingerprint density at radius 3 is 2.43 bits per heavy atom. The van der Waals surface area contributed by atoms with Crippen molar-refractivity contribution in [2.45, 2.75) is 39.4 Å². The van der Waals surface area contributed by atoms with Crippen molar-refractivity contribution in [1.82, 2.24) is 0 Å². The average molecular weight is 401 g/mol. The highest BCUT2D eigenvalue weighted by Crippen LogP contribution is 2.23. The number of hydrogen-bond donors (Lipinski definition) is 2. The summed E-state index contributed by atoms with van der Waals surface area (Å²) in [6.45, 7) is 8.38. The van der Waals surface area contributed by atoms with Crippen molar-refractivity contribution in [1.29, 1.82) is 0 Å². The number of ether oxygens (including phenoxy) is 1. The summed E-state index contributed by atoms with van der Waals surface area (Å²) in [5.41, 5.74) is 3.73. The molecule has 0 spiro atoms. The van der Waals surface area contributed by atoms with Crippen molar-refractivity contribution in [2.24, 2.45) is 0 Å². The summed E-state index contributed by atoms with van der Waals surface area (Å²) in [7, 11) is 0. The molecule has 0 unspecified atom stereocenters. The maximum absolute atomic E-state index is 12.5. The lowest BCUT2D eigenvalue weighted by Crippen LogP contribution is -2.25. The molecule has 2 amide bonds. The van der Waals surface area contributed by atoms with Gasteiger partial charge in [-0.05, 0) is 62.6 Å². The Bertz CT molecular complexity index is 806. The van der Waals surface area contributed by atoms with Gasteiger partial charge in [0, 0.05) is 11.4 Å². The molecule has 2 aromatic carbocycles. The fourth-order valence-corrected chi connectivity index (χ4v) is 3.39. The lowest BCUT2D eigenvalue weighted by molar-refractivity contribution is -0.115. The minimum Gasteiger partial charge on any atom is -0.494 e. The Hall–Kier alpha value is -2.47. The number of hydrogen-bond acceptors (Lipinski definition) is 4. The van der Waals surface area contributed by atoms with Gasteiger partial charge in [0.1, 0.15) is 5.75 Å². The Morgan fingerprint density at radius 2 is 1.79 bits per heavy atom. The van der Waals surface area contributed by atoms with Crippen molar-refractivity contribution in [3.05, 3.63) is 53.6 Å². The van der Waals surface area contributed by atoms with Crippen LogP contribution in [-0.2, 0) is 16.0 Å². The molecule has 0 saturated carbocycles. The maximum atomic E-state index is 12.5. The van der Waals surface area contributed by atoms with Gasteiger partial charge in [-0.3, -0.25) is 9.59 Å². The second-order valence-electron chi connectivity index (χ2n) is 6.41. The molecule has 1 atom stereocenters. The third-order valence-electron chi connectivity index (χ3n) is 4.27. The van der Waals surface area contributed by atoms with Gasteiger partial charge in [-0.25, -0.2) is 0 Å². The highest BCUT2D eigenvalue weighted by Gasteiger charge is 2.17. The third-order valence-corrected chi connectivity index (χ3v) is 5.41. The van der Waals surface area contributed by atoms with Crippen molar-refractivity contribution in [3.8, 4) is 5.75 Å². The van der Waals surface area contributed by atoms with E-state index < -0.39 is 0 Å². The van der Waals surface area contributed by atoms with Crippen molar-refractivity contribution in [2.75, 3.05) is 23.0 Å². The molecule has 2 N–H and O–H groups in total. The van der Waals surface area contributed by atoms with E-state index in [-0.39, 0.29) is 22.8 Å². The standard InChI is InChI=1S/C22H28N2O3S/c1-5-17-9-7-8-15(3)21(17)24-22(26)16(4)28-14-20(25)23-18-10-12-19(13-11-18)27-6-2/h7-13,16H,5-6,14H2,1-4H3,(H,23,25)(H,24,26)/t16-/m1/s1. The van der Waals surface area contributed by atoms with Gasteiger partial charge in [0.25, 0.3) is 0 Å². The Morgan fingerprint density at radius 1 is 1.07 bits per heavy atom. The maximum Gasteiger partial charge on any atom is 0.237 e. The molecule has 2 rings (SSSR count). The predicted octanol–water partition coefficient (Wildman–Crippen LogP) is 4.66. The Balaban J connectivity index is 1.85. The molecule has 0 aliphatic rings. The van der Waals surface area contributed by atoms with Crippen LogP contribution in [0, 0.1) is 6.92 Å². The van der Waals surface area contributed by atoms with Crippen LogP contribution in [0.15, 0.2) is 42.5 Å². The van der Waals surface area contributed by atoms with Crippen LogP contribution in [-0.4, -0.2) is 29.4 Å². The number of carbonyl (C=O) groups is 2. The Labute approximate surface area is 171 Å². The zero-order valence-electron chi connectivity index (χ0n) is 16.9. The van der Waals surface area contributed by atoms with Gasteiger partial charge >= 0.3 is 0 Å². The second kappa shape index (κ2) is 10.8. The number of rotatable bonds is 9. The summed E-state index contributed by atoms with van der Waals surface area (Å²) in [6, 6.07) is 13.2. The second-order valence-corrected chi connectivity index (χ2v) is 7.74. The fraction of sp³-hybridized carbons (Fsp3) is 0.364. The van der Waals surface area contributed by atoms with Gasteiger partial charge in [-0.1, -0.05) is 25.1 Å². The van der Waals surface area contributed by atoms with E-state index in [2.05, 4.69) is 17.6 Å². The molecule has 150 valence electrons.